The molecule has 4 heteroatoms. The third-order valence-electron chi connectivity index (χ3n) is 6.98. The largest absolute Gasteiger partial charge is 0.453 e. The summed E-state index contributed by atoms with van der Waals surface area (Å²) in [7, 11) is 1.76. The van der Waals surface area contributed by atoms with E-state index in [0.717, 1.165) is 23.3 Å². The zero-order valence-electron chi connectivity index (χ0n) is 16.5. The Hall–Kier alpha value is -1.84. The topological polar surface area (TPSA) is 46.6 Å². The number of nitrogens with zero attached hydrogens (tertiary/aromatic N) is 1. The number of likely N-dealkylation sites (N-methyl/N-ethyl adjacent to an activating group) is 1. The molecular formula is C23H31NO3. The summed E-state index contributed by atoms with van der Waals surface area (Å²) in [5.74, 6) is 2.13. The second kappa shape index (κ2) is 7.29. The van der Waals surface area contributed by atoms with Gasteiger partial charge in [-0.25, -0.2) is 0 Å². The SMILES string of the molecule is C[C@@H](OC(=O)CC12CC3CC(CC(C3)C1)C2)C(=O)N(C)Cc1ccccc1. The summed E-state index contributed by atoms with van der Waals surface area (Å²) >= 11 is 0. The van der Waals surface area contributed by atoms with Crippen LogP contribution in [0.2, 0.25) is 0 Å². The van der Waals surface area contributed by atoms with Crippen molar-refractivity contribution in [3.05, 3.63) is 35.9 Å². The van der Waals surface area contributed by atoms with Crippen LogP contribution in [0.15, 0.2) is 30.3 Å². The summed E-state index contributed by atoms with van der Waals surface area (Å²) < 4.78 is 5.58. The first-order valence-corrected chi connectivity index (χ1v) is 10.4. The fraction of sp³-hybridized carbons (Fsp3) is 0.652. The number of ether oxygens (including phenoxy) is 1. The Labute approximate surface area is 162 Å². The quantitative estimate of drug-likeness (QED) is 0.707. The van der Waals surface area contributed by atoms with Crippen molar-refractivity contribution in [2.75, 3.05) is 7.05 Å². The molecule has 4 aliphatic carbocycles. The third-order valence-corrected chi connectivity index (χ3v) is 6.98. The minimum atomic E-state index is -0.722. The average molecular weight is 370 g/mol. The molecule has 1 aromatic rings. The lowest BCUT2D eigenvalue weighted by Gasteiger charge is -2.56. The van der Waals surface area contributed by atoms with Gasteiger partial charge in [-0.1, -0.05) is 30.3 Å². The number of esters is 1. The highest BCUT2D eigenvalue weighted by atomic mass is 16.5. The summed E-state index contributed by atoms with van der Waals surface area (Å²) in [6, 6.07) is 9.87. The van der Waals surface area contributed by atoms with Crippen LogP contribution in [0, 0.1) is 23.2 Å². The van der Waals surface area contributed by atoms with E-state index in [1.165, 1.54) is 38.5 Å². The van der Waals surface area contributed by atoms with E-state index in [0.29, 0.717) is 13.0 Å². The van der Waals surface area contributed by atoms with Crippen molar-refractivity contribution in [2.45, 2.75) is 64.5 Å². The minimum Gasteiger partial charge on any atom is -0.453 e. The van der Waals surface area contributed by atoms with Gasteiger partial charge in [0.15, 0.2) is 6.10 Å². The number of benzene rings is 1. The normalized spacial score (nSPS) is 32.1. The van der Waals surface area contributed by atoms with Crippen LogP contribution in [0.5, 0.6) is 0 Å². The summed E-state index contributed by atoms with van der Waals surface area (Å²) in [5, 5.41) is 0. The lowest BCUT2D eigenvalue weighted by Crippen LogP contribution is -2.47. The second-order valence-corrected chi connectivity index (χ2v) is 9.41. The van der Waals surface area contributed by atoms with Crippen LogP contribution in [0.4, 0.5) is 0 Å². The first-order valence-electron chi connectivity index (χ1n) is 10.4. The molecular weight excluding hydrogens is 338 g/mol. The summed E-state index contributed by atoms with van der Waals surface area (Å²) in [6.45, 7) is 2.22. The lowest BCUT2D eigenvalue weighted by molar-refractivity contribution is -0.164. The number of hydrogen-bond donors (Lipinski definition) is 0. The van der Waals surface area contributed by atoms with Crippen LogP contribution in [-0.2, 0) is 20.9 Å². The third kappa shape index (κ3) is 4.04. The van der Waals surface area contributed by atoms with Gasteiger partial charge in [-0.05, 0) is 74.2 Å². The van der Waals surface area contributed by atoms with Crippen LogP contribution < -0.4 is 0 Å². The molecule has 5 rings (SSSR count). The molecule has 0 radical (unpaired) electrons. The van der Waals surface area contributed by atoms with Crippen molar-refractivity contribution in [1.82, 2.24) is 4.90 Å². The Morgan fingerprint density at radius 3 is 2.19 bits per heavy atom. The molecule has 0 spiro atoms. The molecule has 0 saturated heterocycles. The van der Waals surface area contributed by atoms with Gasteiger partial charge in [0.25, 0.3) is 5.91 Å². The molecule has 146 valence electrons. The molecule has 0 heterocycles. The Bertz CT molecular complexity index is 664. The monoisotopic (exact) mass is 369 g/mol. The maximum atomic E-state index is 12.6. The predicted octanol–water partition coefficient (Wildman–Crippen LogP) is 4.18. The molecule has 4 fully saturated rings. The molecule has 4 aliphatic rings. The first kappa shape index (κ1) is 18.5. The van der Waals surface area contributed by atoms with Crippen LogP contribution in [0.1, 0.15) is 57.4 Å². The van der Waals surface area contributed by atoms with Crippen molar-refractivity contribution in [3.8, 4) is 0 Å². The fourth-order valence-electron chi connectivity index (χ4n) is 6.35. The van der Waals surface area contributed by atoms with E-state index in [-0.39, 0.29) is 17.3 Å². The van der Waals surface area contributed by atoms with E-state index in [9.17, 15) is 9.59 Å². The molecule has 0 aromatic heterocycles. The first-order chi connectivity index (χ1) is 12.9. The standard InChI is InChI=1S/C23H31NO3/c1-16(22(26)24(2)15-17-6-4-3-5-7-17)27-21(25)14-23-11-18-8-19(12-23)10-20(9-18)13-23/h3-7,16,18-20H,8-15H2,1-2H3/t16-,18?,19?,20?,23?/m1/s1. The maximum Gasteiger partial charge on any atom is 0.307 e. The van der Waals surface area contributed by atoms with Gasteiger partial charge < -0.3 is 9.64 Å². The summed E-state index contributed by atoms with van der Waals surface area (Å²) in [4.78, 5) is 26.9. The van der Waals surface area contributed by atoms with Gasteiger partial charge >= 0.3 is 5.97 Å². The van der Waals surface area contributed by atoms with E-state index in [4.69, 9.17) is 4.74 Å². The van der Waals surface area contributed by atoms with Crippen molar-refractivity contribution >= 4 is 11.9 Å². The van der Waals surface area contributed by atoms with Gasteiger partial charge in [0, 0.05) is 13.6 Å². The van der Waals surface area contributed by atoms with Gasteiger partial charge in [-0.3, -0.25) is 9.59 Å². The van der Waals surface area contributed by atoms with E-state index < -0.39 is 6.10 Å². The Balaban J connectivity index is 1.30. The van der Waals surface area contributed by atoms with Crippen LogP contribution >= 0.6 is 0 Å². The number of hydrogen-bond acceptors (Lipinski definition) is 3. The van der Waals surface area contributed by atoms with E-state index in [2.05, 4.69) is 0 Å². The van der Waals surface area contributed by atoms with E-state index >= 15 is 0 Å². The van der Waals surface area contributed by atoms with Crippen molar-refractivity contribution in [3.63, 3.8) is 0 Å². The summed E-state index contributed by atoms with van der Waals surface area (Å²) in [6.07, 6.45) is 7.43. The summed E-state index contributed by atoms with van der Waals surface area (Å²) in [5.41, 5.74) is 1.23. The molecule has 0 unspecified atom stereocenters. The average Bonchev–Trinajstić information content (AvgIpc) is 2.60. The van der Waals surface area contributed by atoms with Gasteiger partial charge in [0.1, 0.15) is 0 Å². The van der Waals surface area contributed by atoms with Crippen molar-refractivity contribution in [2.24, 2.45) is 23.2 Å². The molecule has 0 N–H and O–H groups in total. The van der Waals surface area contributed by atoms with Crippen molar-refractivity contribution in [1.29, 1.82) is 0 Å². The maximum absolute atomic E-state index is 12.6. The van der Waals surface area contributed by atoms with E-state index in [1.807, 2.05) is 30.3 Å². The smallest absolute Gasteiger partial charge is 0.307 e. The Morgan fingerprint density at radius 1 is 1.07 bits per heavy atom. The molecule has 4 saturated carbocycles. The van der Waals surface area contributed by atoms with Gasteiger partial charge in [-0.15, -0.1) is 0 Å². The van der Waals surface area contributed by atoms with Crippen molar-refractivity contribution < 1.29 is 14.3 Å². The molecule has 1 aromatic carbocycles. The lowest BCUT2D eigenvalue weighted by atomic mass is 9.49. The fourth-order valence-corrected chi connectivity index (χ4v) is 6.35. The molecule has 4 bridgehead atoms. The second-order valence-electron chi connectivity index (χ2n) is 9.41. The van der Waals surface area contributed by atoms with E-state index in [1.54, 1.807) is 18.9 Å². The number of carbonyl (C=O) groups excluding carboxylic acids is 2. The van der Waals surface area contributed by atoms with Gasteiger partial charge in [0.2, 0.25) is 0 Å². The minimum absolute atomic E-state index is 0.141. The Kier molecular flexibility index (Phi) is 5.00. The number of carbonyl (C=O) groups is 2. The van der Waals surface area contributed by atoms with Crippen LogP contribution in [0.25, 0.3) is 0 Å². The predicted molar refractivity (Wildman–Crippen MR) is 104 cm³/mol. The highest BCUT2D eigenvalue weighted by molar-refractivity contribution is 5.83. The molecule has 1 amide bonds. The molecule has 27 heavy (non-hydrogen) atoms. The highest BCUT2D eigenvalue weighted by Gasteiger charge is 2.51. The molecule has 1 atom stereocenters. The molecule has 0 aliphatic heterocycles. The zero-order chi connectivity index (χ0) is 19.0. The number of rotatable bonds is 6. The van der Waals surface area contributed by atoms with Crippen LogP contribution in [-0.4, -0.2) is 29.9 Å². The molecule has 4 nitrogen and oxygen atoms in total. The number of amides is 1. The Morgan fingerprint density at radius 2 is 1.63 bits per heavy atom. The highest BCUT2D eigenvalue weighted by Crippen LogP contribution is 2.61. The zero-order valence-corrected chi connectivity index (χ0v) is 16.5. The van der Waals surface area contributed by atoms with Crippen LogP contribution in [0.3, 0.4) is 0 Å². The van der Waals surface area contributed by atoms with Gasteiger partial charge in [-0.2, -0.15) is 0 Å². The van der Waals surface area contributed by atoms with Gasteiger partial charge in [0.05, 0.1) is 6.42 Å².